The lowest BCUT2D eigenvalue weighted by atomic mass is 10.1. The van der Waals surface area contributed by atoms with Crippen LogP contribution in [0.15, 0.2) is 36.4 Å². The van der Waals surface area contributed by atoms with Crippen LogP contribution < -0.4 is 0 Å². The Kier molecular flexibility index (Phi) is 5.83. The normalized spacial score (nSPS) is 15.4. The van der Waals surface area contributed by atoms with Crippen molar-refractivity contribution in [3.8, 4) is 0 Å². The molecule has 0 saturated heterocycles. The van der Waals surface area contributed by atoms with Crippen LogP contribution >= 0.6 is 11.8 Å². The maximum atomic E-state index is 12.0. The quantitative estimate of drug-likeness (QED) is 0.911. The molecule has 2 nitrogen and oxygen atoms in total. The number of thioether (sulfide) groups is 1. The number of carbonyl (C=O) groups excluding carboxylic acids is 1. The number of carbonyl (C=O) groups is 1. The molecule has 1 aromatic carbocycles. The van der Waals surface area contributed by atoms with Gasteiger partial charge in [0.2, 0.25) is 0 Å². The van der Waals surface area contributed by atoms with Crippen LogP contribution in [0.5, 0.6) is 0 Å². The number of hydrogen-bond acceptors (Lipinski definition) is 3. The third kappa shape index (κ3) is 6.08. The molecule has 0 amide bonds. The molecule has 0 radical (unpaired) electrons. The average molecular weight is 278 g/mol. The molecular formula is C16H22O2S. The Balaban J connectivity index is 2.60. The minimum Gasteiger partial charge on any atom is -0.388 e. The predicted octanol–water partition coefficient (Wildman–Crippen LogP) is 3.76. The van der Waals surface area contributed by atoms with E-state index in [0.29, 0.717) is 0 Å². The van der Waals surface area contributed by atoms with Crippen LogP contribution in [-0.2, 0) is 4.79 Å². The van der Waals surface area contributed by atoms with Gasteiger partial charge < -0.3 is 5.11 Å². The minimum atomic E-state index is -0.748. The molecule has 104 valence electrons. The maximum Gasteiger partial charge on any atom is 0.195 e. The largest absolute Gasteiger partial charge is 0.388 e. The van der Waals surface area contributed by atoms with Crippen molar-refractivity contribution in [1.29, 1.82) is 0 Å². The van der Waals surface area contributed by atoms with Crippen molar-refractivity contribution in [1.82, 2.24) is 0 Å². The van der Waals surface area contributed by atoms with Gasteiger partial charge in [0.15, 0.2) is 5.12 Å². The van der Waals surface area contributed by atoms with Gasteiger partial charge in [0.05, 0.1) is 12.0 Å². The Hall–Kier alpha value is -1.06. The molecule has 0 unspecified atom stereocenters. The summed E-state index contributed by atoms with van der Waals surface area (Å²) in [6.07, 6.45) is 2.78. The summed E-state index contributed by atoms with van der Waals surface area (Å²) < 4.78 is -0.117. The van der Waals surface area contributed by atoms with Crippen LogP contribution in [0.3, 0.4) is 0 Å². The minimum absolute atomic E-state index is 0.0257. The van der Waals surface area contributed by atoms with Crippen molar-refractivity contribution in [3.63, 3.8) is 0 Å². The second-order valence-electron chi connectivity index (χ2n) is 5.58. The Morgan fingerprint density at radius 2 is 1.84 bits per heavy atom. The molecule has 0 aliphatic rings. The lowest BCUT2D eigenvalue weighted by Gasteiger charge is -2.20. The number of hydrogen-bond donors (Lipinski definition) is 1. The molecule has 1 rings (SSSR count). The van der Waals surface area contributed by atoms with Crippen molar-refractivity contribution >= 4 is 23.0 Å². The molecule has 0 heterocycles. The lowest BCUT2D eigenvalue weighted by Crippen LogP contribution is -2.25. The summed E-state index contributed by atoms with van der Waals surface area (Å²) in [5.41, 5.74) is 1.02. The fourth-order valence-corrected chi connectivity index (χ4v) is 2.40. The molecule has 0 saturated carbocycles. The van der Waals surface area contributed by atoms with Gasteiger partial charge in [-0.05, 0) is 5.56 Å². The van der Waals surface area contributed by atoms with Crippen molar-refractivity contribution in [3.05, 3.63) is 42.0 Å². The number of aliphatic hydroxyl groups excluding tert-OH is 1. The predicted molar refractivity (Wildman–Crippen MR) is 83.0 cm³/mol. The molecular weight excluding hydrogens is 256 g/mol. The number of rotatable bonds is 4. The molecule has 0 aliphatic carbocycles. The second-order valence-corrected chi connectivity index (χ2v) is 7.41. The number of benzene rings is 1. The zero-order valence-corrected chi connectivity index (χ0v) is 12.8. The topological polar surface area (TPSA) is 37.3 Å². The fourth-order valence-electron chi connectivity index (χ4n) is 1.47. The van der Waals surface area contributed by atoms with Gasteiger partial charge in [-0.1, -0.05) is 81.9 Å². The third-order valence-corrected chi connectivity index (χ3v) is 3.76. The zero-order valence-electron chi connectivity index (χ0n) is 12.0. The summed E-state index contributed by atoms with van der Waals surface area (Å²) in [7, 11) is 0. The van der Waals surface area contributed by atoms with Crippen LogP contribution in [0, 0.1) is 5.92 Å². The van der Waals surface area contributed by atoms with Gasteiger partial charge >= 0.3 is 0 Å². The van der Waals surface area contributed by atoms with E-state index in [1.54, 1.807) is 13.0 Å². The third-order valence-electron chi connectivity index (χ3n) is 2.58. The Bertz CT molecular complexity index is 432. The molecule has 19 heavy (non-hydrogen) atoms. The second kappa shape index (κ2) is 6.92. The van der Waals surface area contributed by atoms with Gasteiger partial charge in [-0.3, -0.25) is 4.79 Å². The number of aliphatic hydroxyl groups is 1. The molecule has 2 atom stereocenters. The SMILES string of the molecule is C[C@H](C(=O)SC(C)(C)C)[C@@H](O)/C=C/c1ccccc1. The highest BCUT2D eigenvalue weighted by Gasteiger charge is 2.25. The highest BCUT2D eigenvalue weighted by molar-refractivity contribution is 8.14. The molecule has 1 aromatic rings. The van der Waals surface area contributed by atoms with E-state index in [-0.39, 0.29) is 9.86 Å². The van der Waals surface area contributed by atoms with E-state index in [4.69, 9.17) is 0 Å². The van der Waals surface area contributed by atoms with Gasteiger partial charge in [0, 0.05) is 4.75 Å². The molecule has 0 aliphatic heterocycles. The van der Waals surface area contributed by atoms with Crippen LogP contribution in [-0.4, -0.2) is 21.1 Å². The average Bonchev–Trinajstić information content (AvgIpc) is 2.34. The first-order valence-corrected chi connectivity index (χ1v) is 7.25. The van der Waals surface area contributed by atoms with E-state index < -0.39 is 12.0 Å². The van der Waals surface area contributed by atoms with Crippen LogP contribution in [0.1, 0.15) is 33.3 Å². The van der Waals surface area contributed by atoms with Crippen molar-refractivity contribution < 1.29 is 9.90 Å². The summed E-state index contributed by atoms with van der Waals surface area (Å²) in [5, 5.41) is 10.1. The molecule has 0 aromatic heterocycles. The zero-order chi connectivity index (χ0) is 14.5. The van der Waals surface area contributed by atoms with E-state index in [1.807, 2.05) is 57.2 Å². The monoisotopic (exact) mass is 278 g/mol. The van der Waals surface area contributed by atoms with E-state index >= 15 is 0 Å². The summed E-state index contributed by atoms with van der Waals surface area (Å²) in [5.74, 6) is -0.399. The lowest BCUT2D eigenvalue weighted by molar-refractivity contribution is -0.116. The standard InChI is InChI=1S/C16H22O2S/c1-12(15(18)19-16(2,3)4)14(17)11-10-13-8-6-5-7-9-13/h5-12,14,17H,1-4H3/b11-10+/t12-,14-/m0/s1. The first kappa shape index (κ1) is 16.0. The smallest absolute Gasteiger partial charge is 0.195 e. The Labute approximate surface area is 119 Å². The summed E-state index contributed by atoms with van der Waals surface area (Å²) in [6.45, 7) is 7.75. The van der Waals surface area contributed by atoms with E-state index in [2.05, 4.69) is 0 Å². The van der Waals surface area contributed by atoms with Crippen LogP contribution in [0.4, 0.5) is 0 Å². The van der Waals surface area contributed by atoms with Crippen molar-refractivity contribution in [2.24, 2.45) is 5.92 Å². The van der Waals surface area contributed by atoms with Crippen LogP contribution in [0.25, 0.3) is 6.08 Å². The van der Waals surface area contributed by atoms with Gasteiger partial charge in [0.25, 0.3) is 0 Å². The maximum absolute atomic E-state index is 12.0. The summed E-state index contributed by atoms with van der Waals surface area (Å²) >= 11 is 1.28. The Morgan fingerprint density at radius 3 is 2.37 bits per heavy atom. The highest BCUT2D eigenvalue weighted by Crippen LogP contribution is 2.28. The van der Waals surface area contributed by atoms with Gasteiger partial charge in [-0.25, -0.2) is 0 Å². The van der Waals surface area contributed by atoms with E-state index in [0.717, 1.165) is 5.56 Å². The molecule has 0 bridgehead atoms. The van der Waals surface area contributed by atoms with Gasteiger partial charge in [-0.15, -0.1) is 0 Å². The molecule has 0 spiro atoms. The fraction of sp³-hybridized carbons (Fsp3) is 0.438. The van der Waals surface area contributed by atoms with Crippen molar-refractivity contribution in [2.45, 2.75) is 38.5 Å². The first-order chi connectivity index (χ1) is 8.79. The van der Waals surface area contributed by atoms with Gasteiger partial charge in [-0.2, -0.15) is 0 Å². The van der Waals surface area contributed by atoms with Crippen molar-refractivity contribution in [2.75, 3.05) is 0 Å². The van der Waals surface area contributed by atoms with E-state index in [9.17, 15) is 9.90 Å². The summed E-state index contributed by atoms with van der Waals surface area (Å²) in [4.78, 5) is 12.0. The molecule has 3 heteroatoms. The van der Waals surface area contributed by atoms with Gasteiger partial charge in [0.1, 0.15) is 0 Å². The highest BCUT2D eigenvalue weighted by atomic mass is 32.2. The van der Waals surface area contributed by atoms with Crippen LogP contribution in [0.2, 0.25) is 0 Å². The molecule has 0 fully saturated rings. The Morgan fingerprint density at radius 1 is 1.26 bits per heavy atom. The molecule has 1 N–H and O–H groups in total. The first-order valence-electron chi connectivity index (χ1n) is 6.44. The summed E-state index contributed by atoms with van der Waals surface area (Å²) in [6, 6.07) is 9.74. The van der Waals surface area contributed by atoms with E-state index in [1.165, 1.54) is 11.8 Å².